The Labute approximate surface area is 178 Å². The molecule has 0 atom stereocenters. The van der Waals surface area contributed by atoms with Crippen molar-refractivity contribution in [3.8, 4) is 0 Å². The maximum atomic E-state index is 12.3. The Bertz CT molecular complexity index is 976. The zero-order valence-corrected chi connectivity index (χ0v) is 17.3. The molecule has 2 aliphatic rings. The normalized spacial score (nSPS) is 16.9. The molecule has 0 amide bonds. The number of carbonyl (C=O) groups excluding carboxylic acids is 1. The predicted molar refractivity (Wildman–Crippen MR) is 121 cm³/mol. The number of aryl methyl sites for hydroxylation is 2. The molecule has 30 heavy (non-hydrogen) atoms. The molecule has 3 heteroatoms. The molecule has 1 aliphatic heterocycles. The molecule has 0 bridgehead atoms. The summed E-state index contributed by atoms with van der Waals surface area (Å²) in [6, 6.07) is 27.8. The van der Waals surface area contributed by atoms with E-state index in [9.17, 15) is 4.79 Å². The number of ketones is 1. The molecule has 0 radical (unpaired) electrons. The van der Waals surface area contributed by atoms with Crippen molar-refractivity contribution in [1.29, 1.82) is 0 Å². The van der Waals surface area contributed by atoms with Crippen LogP contribution in [0.25, 0.3) is 0 Å². The highest BCUT2D eigenvalue weighted by atomic mass is 16.1. The number of nitrogens with zero attached hydrogens (tertiary/aromatic N) is 1. The van der Waals surface area contributed by atoms with Gasteiger partial charge in [0.25, 0.3) is 0 Å². The molecule has 0 saturated carbocycles. The van der Waals surface area contributed by atoms with Crippen molar-refractivity contribution in [2.24, 2.45) is 5.92 Å². The molecule has 0 unspecified atom stereocenters. The number of carbonyl (C=O) groups is 1. The van der Waals surface area contributed by atoms with Crippen molar-refractivity contribution < 1.29 is 4.79 Å². The fraction of sp³-hybridized carbons (Fsp3) is 0.296. The third kappa shape index (κ3) is 3.83. The third-order valence-corrected chi connectivity index (χ3v) is 6.53. The predicted octanol–water partition coefficient (Wildman–Crippen LogP) is 4.28. The minimum Gasteiger partial charge on any atom is -0.309 e. The lowest BCUT2D eigenvalue weighted by Gasteiger charge is -2.45. The van der Waals surface area contributed by atoms with Gasteiger partial charge in [0.05, 0.1) is 12.6 Å². The van der Waals surface area contributed by atoms with E-state index in [1.807, 2.05) is 30.3 Å². The van der Waals surface area contributed by atoms with Crippen molar-refractivity contribution in [3.63, 3.8) is 0 Å². The highest BCUT2D eigenvalue weighted by Crippen LogP contribution is 2.39. The molecule has 3 aromatic carbocycles. The summed E-state index contributed by atoms with van der Waals surface area (Å²) >= 11 is 0. The molecule has 3 aromatic rings. The van der Waals surface area contributed by atoms with E-state index in [1.165, 1.54) is 22.3 Å². The summed E-state index contributed by atoms with van der Waals surface area (Å²) in [6.07, 6.45) is 2.23. The van der Waals surface area contributed by atoms with Crippen molar-refractivity contribution in [2.75, 3.05) is 26.2 Å². The van der Waals surface area contributed by atoms with Crippen LogP contribution >= 0.6 is 0 Å². The highest BCUT2D eigenvalue weighted by Gasteiger charge is 2.36. The quantitative estimate of drug-likeness (QED) is 0.631. The number of benzene rings is 3. The van der Waals surface area contributed by atoms with Crippen LogP contribution in [-0.4, -0.2) is 36.9 Å². The standard InChI is InChI=1S/C27H28N2O/c30-26(23-10-2-1-3-11-23)17-28-16-20-18-29(19-20)27-24-12-6-4-8-21(24)14-15-22-9-5-7-13-25(22)27/h1-13,20,27-28H,14-19H2. The maximum absolute atomic E-state index is 12.3. The van der Waals surface area contributed by atoms with E-state index in [4.69, 9.17) is 0 Å². The van der Waals surface area contributed by atoms with Crippen LogP contribution in [0.3, 0.4) is 0 Å². The van der Waals surface area contributed by atoms with Gasteiger partial charge in [-0.25, -0.2) is 0 Å². The Kier molecular flexibility index (Phi) is 5.48. The Balaban J connectivity index is 1.23. The van der Waals surface area contributed by atoms with E-state index in [2.05, 4.69) is 58.7 Å². The number of nitrogens with one attached hydrogen (secondary N) is 1. The van der Waals surface area contributed by atoms with Gasteiger partial charge in [0.2, 0.25) is 0 Å². The third-order valence-electron chi connectivity index (χ3n) is 6.53. The Hall–Kier alpha value is -2.75. The molecule has 1 saturated heterocycles. The molecule has 3 nitrogen and oxygen atoms in total. The topological polar surface area (TPSA) is 32.3 Å². The maximum Gasteiger partial charge on any atom is 0.176 e. The molecule has 5 rings (SSSR count). The fourth-order valence-electron chi connectivity index (χ4n) is 4.95. The summed E-state index contributed by atoms with van der Waals surface area (Å²) < 4.78 is 0. The first kappa shape index (κ1) is 19.2. The van der Waals surface area contributed by atoms with Gasteiger partial charge in [-0.15, -0.1) is 0 Å². The van der Waals surface area contributed by atoms with Gasteiger partial charge in [0.1, 0.15) is 0 Å². The molecule has 1 aliphatic carbocycles. The number of rotatable bonds is 6. The van der Waals surface area contributed by atoms with E-state index < -0.39 is 0 Å². The lowest BCUT2D eigenvalue weighted by Crippen LogP contribution is -2.52. The van der Waals surface area contributed by atoms with Gasteiger partial charge in [-0.05, 0) is 41.0 Å². The van der Waals surface area contributed by atoms with Crippen LogP contribution in [-0.2, 0) is 12.8 Å². The van der Waals surface area contributed by atoms with Gasteiger partial charge in [-0.3, -0.25) is 9.69 Å². The molecule has 1 N–H and O–H groups in total. The molecule has 152 valence electrons. The average Bonchev–Trinajstić information content (AvgIpc) is 2.93. The fourth-order valence-corrected chi connectivity index (χ4v) is 4.95. The summed E-state index contributed by atoms with van der Waals surface area (Å²) in [6.45, 7) is 3.44. The Morgan fingerprint density at radius 1 is 0.800 bits per heavy atom. The summed E-state index contributed by atoms with van der Waals surface area (Å²) in [5, 5.41) is 3.38. The molecule has 1 fully saturated rings. The summed E-state index contributed by atoms with van der Waals surface area (Å²) in [5.74, 6) is 0.759. The Morgan fingerprint density at radius 2 is 1.37 bits per heavy atom. The van der Waals surface area contributed by atoms with Crippen LogP contribution in [0.15, 0.2) is 78.9 Å². The zero-order valence-electron chi connectivity index (χ0n) is 17.3. The van der Waals surface area contributed by atoms with Crippen molar-refractivity contribution >= 4 is 5.78 Å². The van der Waals surface area contributed by atoms with Crippen LogP contribution in [0.1, 0.15) is 38.7 Å². The summed E-state index contributed by atoms with van der Waals surface area (Å²) in [5.41, 5.74) is 6.68. The van der Waals surface area contributed by atoms with E-state index in [1.54, 1.807) is 0 Å². The van der Waals surface area contributed by atoms with Crippen LogP contribution in [0.2, 0.25) is 0 Å². The smallest absolute Gasteiger partial charge is 0.176 e. The van der Waals surface area contributed by atoms with Gasteiger partial charge in [0.15, 0.2) is 5.78 Å². The number of hydrogen-bond donors (Lipinski definition) is 1. The first-order valence-corrected chi connectivity index (χ1v) is 11.0. The largest absolute Gasteiger partial charge is 0.309 e. The minimum atomic E-state index is 0.165. The first-order valence-electron chi connectivity index (χ1n) is 11.0. The number of hydrogen-bond acceptors (Lipinski definition) is 3. The number of Topliss-reactive ketones (excluding diaryl/α,β-unsaturated/α-hetero) is 1. The van der Waals surface area contributed by atoms with E-state index in [-0.39, 0.29) is 5.78 Å². The SMILES string of the molecule is O=C(CNCC1CN(C2c3ccccc3CCc3ccccc32)C1)c1ccccc1. The second-order valence-electron chi connectivity index (χ2n) is 8.54. The summed E-state index contributed by atoms with van der Waals surface area (Å²) in [7, 11) is 0. The van der Waals surface area contributed by atoms with Gasteiger partial charge < -0.3 is 5.32 Å². The van der Waals surface area contributed by atoms with Gasteiger partial charge in [-0.2, -0.15) is 0 Å². The van der Waals surface area contributed by atoms with Gasteiger partial charge in [0, 0.05) is 25.2 Å². The van der Waals surface area contributed by atoms with Crippen molar-refractivity contribution in [3.05, 3.63) is 107 Å². The lowest BCUT2D eigenvalue weighted by molar-refractivity contribution is 0.0675. The molecular weight excluding hydrogens is 368 g/mol. The Morgan fingerprint density at radius 3 is 2.00 bits per heavy atom. The van der Waals surface area contributed by atoms with Crippen LogP contribution in [0, 0.1) is 5.92 Å². The first-order chi connectivity index (χ1) is 14.8. The lowest BCUT2D eigenvalue weighted by atomic mass is 9.88. The minimum absolute atomic E-state index is 0.165. The molecule has 0 spiro atoms. The second-order valence-corrected chi connectivity index (χ2v) is 8.54. The molecule has 0 aromatic heterocycles. The van der Waals surface area contributed by atoms with Crippen molar-refractivity contribution in [1.82, 2.24) is 10.2 Å². The average molecular weight is 397 g/mol. The summed E-state index contributed by atoms with van der Waals surface area (Å²) in [4.78, 5) is 14.9. The van der Waals surface area contributed by atoms with E-state index in [0.29, 0.717) is 18.5 Å². The number of fused-ring (bicyclic) bond motifs is 2. The second kappa shape index (κ2) is 8.55. The molecular formula is C27H28N2O. The van der Waals surface area contributed by atoms with Gasteiger partial charge in [-0.1, -0.05) is 78.9 Å². The highest BCUT2D eigenvalue weighted by molar-refractivity contribution is 5.97. The van der Waals surface area contributed by atoms with Crippen LogP contribution < -0.4 is 5.32 Å². The van der Waals surface area contributed by atoms with Gasteiger partial charge >= 0.3 is 0 Å². The van der Waals surface area contributed by atoms with E-state index >= 15 is 0 Å². The molecule has 1 heterocycles. The number of likely N-dealkylation sites (tertiary alicyclic amines) is 1. The van der Waals surface area contributed by atoms with Crippen LogP contribution in [0.5, 0.6) is 0 Å². The monoisotopic (exact) mass is 396 g/mol. The van der Waals surface area contributed by atoms with E-state index in [0.717, 1.165) is 38.0 Å². The van der Waals surface area contributed by atoms with Crippen molar-refractivity contribution in [2.45, 2.75) is 18.9 Å². The van der Waals surface area contributed by atoms with Crippen LogP contribution in [0.4, 0.5) is 0 Å². The zero-order chi connectivity index (χ0) is 20.3.